The lowest BCUT2D eigenvalue weighted by Crippen LogP contribution is -2.42. The van der Waals surface area contributed by atoms with Gasteiger partial charge in [0.15, 0.2) is 5.78 Å². The van der Waals surface area contributed by atoms with Gasteiger partial charge in [-0.1, -0.05) is 35.9 Å². The van der Waals surface area contributed by atoms with E-state index in [0.29, 0.717) is 18.0 Å². The maximum Gasteiger partial charge on any atom is 0.183 e. The van der Waals surface area contributed by atoms with E-state index in [1.807, 2.05) is 24.3 Å². The molecule has 0 aromatic heterocycles. The van der Waals surface area contributed by atoms with Crippen LogP contribution < -0.4 is 5.32 Å². The van der Waals surface area contributed by atoms with Crippen molar-refractivity contribution >= 4 is 17.4 Å². The van der Waals surface area contributed by atoms with E-state index >= 15 is 0 Å². The zero-order chi connectivity index (χ0) is 14.1. The molecule has 0 saturated heterocycles. The van der Waals surface area contributed by atoms with Crippen molar-refractivity contribution in [3.8, 4) is 0 Å². The van der Waals surface area contributed by atoms with E-state index in [4.69, 9.17) is 11.6 Å². The second kappa shape index (κ2) is 5.35. The van der Waals surface area contributed by atoms with Crippen molar-refractivity contribution in [3.63, 3.8) is 0 Å². The Labute approximate surface area is 121 Å². The first-order chi connectivity index (χ1) is 9.65. The van der Waals surface area contributed by atoms with Crippen LogP contribution in [0.4, 0.5) is 4.39 Å². The van der Waals surface area contributed by atoms with Crippen molar-refractivity contribution in [1.29, 1.82) is 0 Å². The van der Waals surface area contributed by atoms with Crippen LogP contribution in [0.1, 0.15) is 21.5 Å². The van der Waals surface area contributed by atoms with Crippen LogP contribution in [-0.4, -0.2) is 11.8 Å². The number of nitrogens with one attached hydrogen (secondary N) is 1. The summed E-state index contributed by atoms with van der Waals surface area (Å²) in [6.45, 7) is 0.627. The van der Waals surface area contributed by atoms with E-state index in [9.17, 15) is 9.18 Å². The summed E-state index contributed by atoms with van der Waals surface area (Å²) in [5.41, 5.74) is 2.42. The Balaban J connectivity index is 1.86. The molecule has 20 heavy (non-hydrogen) atoms. The van der Waals surface area contributed by atoms with Gasteiger partial charge in [0.05, 0.1) is 11.6 Å². The predicted octanol–water partition coefficient (Wildman–Crippen LogP) is 3.38. The summed E-state index contributed by atoms with van der Waals surface area (Å²) < 4.78 is 13.8. The van der Waals surface area contributed by atoms with Crippen LogP contribution >= 0.6 is 11.6 Å². The van der Waals surface area contributed by atoms with Crippen molar-refractivity contribution in [3.05, 3.63) is 70.0 Å². The second-order valence-electron chi connectivity index (χ2n) is 4.89. The van der Waals surface area contributed by atoms with Gasteiger partial charge in [0.2, 0.25) is 0 Å². The van der Waals surface area contributed by atoms with Crippen LogP contribution in [0, 0.1) is 5.82 Å². The lowest BCUT2D eigenvalue weighted by molar-refractivity contribution is 0.0934. The Morgan fingerprint density at radius 3 is 2.70 bits per heavy atom. The molecule has 2 nitrogen and oxygen atoms in total. The van der Waals surface area contributed by atoms with Gasteiger partial charge < -0.3 is 5.32 Å². The van der Waals surface area contributed by atoms with Gasteiger partial charge in [-0.2, -0.15) is 0 Å². The first-order valence-electron chi connectivity index (χ1n) is 6.44. The number of carbonyl (C=O) groups is 1. The third-order valence-electron chi connectivity index (χ3n) is 3.59. The largest absolute Gasteiger partial charge is 0.303 e. The van der Waals surface area contributed by atoms with Crippen molar-refractivity contribution in [1.82, 2.24) is 5.32 Å². The monoisotopic (exact) mass is 289 g/mol. The minimum atomic E-state index is -0.567. The minimum Gasteiger partial charge on any atom is -0.303 e. The van der Waals surface area contributed by atoms with Gasteiger partial charge in [0, 0.05) is 11.6 Å². The van der Waals surface area contributed by atoms with Crippen LogP contribution in [0.15, 0.2) is 42.5 Å². The predicted molar refractivity (Wildman–Crippen MR) is 76.5 cm³/mol. The van der Waals surface area contributed by atoms with E-state index in [-0.39, 0.29) is 17.4 Å². The number of hydrogen-bond acceptors (Lipinski definition) is 2. The molecule has 4 heteroatoms. The first-order valence-corrected chi connectivity index (χ1v) is 6.82. The van der Waals surface area contributed by atoms with Crippen LogP contribution in [0.25, 0.3) is 0 Å². The SMILES string of the molecule is O=C(c1ccc(Cl)cc1F)C1Cc2ccccc2CN1. The zero-order valence-electron chi connectivity index (χ0n) is 10.7. The lowest BCUT2D eigenvalue weighted by Gasteiger charge is -2.25. The molecule has 0 amide bonds. The molecule has 1 N–H and O–H groups in total. The summed E-state index contributed by atoms with van der Waals surface area (Å²) in [6.07, 6.45) is 0.580. The fraction of sp³-hybridized carbons (Fsp3) is 0.188. The average Bonchev–Trinajstić information content (AvgIpc) is 2.46. The molecule has 1 unspecified atom stereocenters. The number of ketones is 1. The number of carbonyl (C=O) groups excluding carboxylic acids is 1. The molecule has 0 spiro atoms. The average molecular weight is 290 g/mol. The number of halogens is 2. The van der Waals surface area contributed by atoms with Gasteiger partial charge in [-0.25, -0.2) is 4.39 Å². The first kappa shape index (κ1) is 13.3. The van der Waals surface area contributed by atoms with E-state index in [1.165, 1.54) is 23.8 Å². The summed E-state index contributed by atoms with van der Waals surface area (Å²) >= 11 is 5.71. The molecule has 0 aliphatic carbocycles. The Hall–Kier alpha value is -1.71. The molecule has 1 heterocycles. The number of rotatable bonds is 2. The maximum atomic E-state index is 13.8. The Bertz CT molecular complexity index is 671. The van der Waals surface area contributed by atoms with Crippen molar-refractivity contribution in [2.24, 2.45) is 0 Å². The lowest BCUT2D eigenvalue weighted by atomic mass is 9.91. The highest BCUT2D eigenvalue weighted by Gasteiger charge is 2.26. The van der Waals surface area contributed by atoms with Crippen molar-refractivity contribution < 1.29 is 9.18 Å². The van der Waals surface area contributed by atoms with E-state index in [2.05, 4.69) is 5.32 Å². The molecular formula is C16H13ClFNO. The molecule has 0 fully saturated rings. The topological polar surface area (TPSA) is 29.1 Å². The summed E-state index contributed by atoms with van der Waals surface area (Å²) in [5.74, 6) is -0.795. The number of hydrogen-bond donors (Lipinski definition) is 1. The molecule has 3 rings (SSSR count). The molecule has 0 saturated carbocycles. The van der Waals surface area contributed by atoms with Crippen LogP contribution in [0.2, 0.25) is 5.02 Å². The van der Waals surface area contributed by atoms with Gasteiger partial charge in [-0.3, -0.25) is 4.79 Å². The normalized spacial score (nSPS) is 17.6. The fourth-order valence-corrected chi connectivity index (χ4v) is 2.68. The fourth-order valence-electron chi connectivity index (χ4n) is 2.52. The standard InChI is InChI=1S/C16H13ClFNO/c17-12-5-6-13(14(18)8-12)16(20)15-7-10-3-1-2-4-11(10)9-19-15/h1-6,8,15,19H,7,9H2. The van der Waals surface area contributed by atoms with E-state index < -0.39 is 5.82 Å². The number of Topliss-reactive ketones (excluding diaryl/α,β-unsaturated/α-hetero) is 1. The van der Waals surface area contributed by atoms with E-state index in [0.717, 1.165) is 5.56 Å². The highest BCUT2D eigenvalue weighted by atomic mass is 35.5. The maximum absolute atomic E-state index is 13.8. The Kier molecular flexibility index (Phi) is 3.55. The van der Waals surface area contributed by atoms with Crippen LogP contribution in [0.3, 0.4) is 0 Å². The molecule has 1 atom stereocenters. The highest BCUT2D eigenvalue weighted by Crippen LogP contribution is 2.21. The summed E-state index contributed by atoms with van der Waals surface area (Å²) in [6, 6.07) is 11.7. The molecule has 0 bridgehead atoms. The molecule has 102 valence electrons. The smallest absolute Gasteiger partial charge is 0.183 e. The van der Waals surface area contributed by atoms with Crippen LogP contribution in [-0.2, 0) is 13.0 Å². The molecule has 2 aromatic rings. The molecular weight excluding hydrogens is 277 g/mol. The van der Waals surface area contributed by atoms with Gasteiger partial charge in [0.1, 0.15) is 5.82 Å². The van der Waals surface area contributed by atoms with Gasteiger partial charge in [-0.15, -0.1) is 0 Å². The zero-order valence-corrected chi connectivity index (χ0v) is 11.5. The number of fused-ring (bicyclic) bond motifs is 1. The summed E-state index contributed by atoms with van der Waals surface area (Å²) in [4.78, 5) is 12.4. The molecule has 1 aliphatic heterocycles. The quantitative estimate of drug-likeness (QED) is 0.859. The minimum absolute atomic E-state index is 0.0891. The number of benzene rings is 2. The Morgan fingerprint density at radius 1 is 1.20 bits per heavy atom. The third kappa shape index (κ3) is 2.47. The van der Waals surface area contributed by atoms with Gasteiger partial charge in [0.25, 0.3) is 0 Å². The molecule has 1 aliphatic rings. The van der Waals surface area contributed by atoms with Gasteiger partial charge in [-0.05, 0) is 35.7 Å². The van der Waals surface area contributed by atoms with Crippen LogP contribution in [0.5, 0.6) is 0 Å². The van der Waals surface area contributed by atoms with Crippen molar-refractivity contribution in [2.75, 3.05) is 0 Å². The summed E-state index contributed by atoms with van der Waals surface area (Å²) in [7, 11) is 0. The van der Waals surface area contributed by atoms with Crippen molar-refractivity contribution in [2.45, 2.75) is 19.0 Å². The summed E-state index contributed by atoms with van der Waals surface area (Å²) in [5, 5.41) is 3.46. The highest BCUT2D eigenvalue weighted by molar-refractivity contribution is 6.30. The van der Waals surface area contributed by atoms with E-state index in [1.54, 1.807) is 0 Å². The van der Waals surface area contributed by atoms with Gasteiger partial charge >= 0.3 is 0 Å². The molecule has 0 radical (unpaired) electrons. The second-order valence-corrected chi connectivity index (χ2v) is 5.33. The Morgan fingerprint density at radius 2 is 1.95 bits per heavy atom. The molecule has 2 aromatic carbocycles. The third-order valence-corrected chi connectivity index (χ3v) is 3.83.